The minimum absolute atomic E-state index is 0.0946. The topological polar surface area (TPSA) is 81.6 Å². The number of anilines is 1. The second-order valence-electron chi connectivity index (χ2n) is 8.65. The van der Waals surface area contributed by atoms with Gasteiger partial charge in [-0.3, -0.25) is 4.79 Å². The lowest BCUT2D eigenvalue weighted by molar-refractivity contribution is -0.121. The third-order valence-electron chi connectivity index (χ3n) is 5.70. The van der Waals surface area contributed by atoms with Crippen molar-refractivity contribution >= 4 is 11.6 Å². The molecule has 4 N–H and O–H groups in total. The summed E-state index contributed by atoms with van der Waals surface area (Å²) < 4.78 is 0. The van der Waals surface area contributed by atoms with Crippen LogP contribution in [-0.2, 0) is 11.2 Å². The summed E-state index contributed by atoms with van der Waals surface area (Å²) in [7, 11) is 0. The molecule has 1 atom stereocenters. The molecule has 0 radical (unpaired) electrons. The number of benzene rings is 1. The molecule has 0 spiro atoms. The first-order valence-electron chi connectivity index (χ1n) is 12.5. The van der Waals surface area contributed by atoms with E-state index in [2.05, 4.69) is 41.8 Å². The number of rotatable bonds is 20. The van der Waals surface area contributed by atoms with Gasteiger partial charge in [0.1, 0.15) is 0 Å². The van der Waals surface area contributed by atoms with Gasteiger partial charge >= 0.3 is 0 Å². The largest absolute Gasteiger partial charge is 0.394 e. The Balaban J connectivity index is 1.98. The summed E-state index contributed by atoms with van der Waals surface area (Å²) in [6.45, 7) is 3.03. The average Bonchev–Trinajstić information content (AvgIpc) is 2.79. The Kier molecular flexibility index (Phi) is 16.9. The van der Waals surface area contributed by atoms with E-state index in [-0.39, 0.29) is 19.1 Å². The predicted octanol–water partition coefficient (Wildman–Crippen LogP) is 5.20. The number of aliphatic hydroxyl groups is 2. The molecular weight excluding hydrogens is 388 g/mol. The van der Waals surface area contributed by atoms with Crippen LogP contribution in [0.2, 0.25) is 0 Å². The summed E-state index contributed by atoms with van der Waals surface area (Å²) in [5, 5.41) is 24.1. The monoisotopic (exact) mass is 434 g/mol. The molecule has 178 valence electrons. The number of amides is 1. The Morgan fingerprint density at radius 2 is 1.42 bits per heavy atom. The van der Waals surface area contributed by atoms with Crippen LogP contribution in [0.25, 0.3) is 0 Å². The molecule has 1 rings (SSSR count). The highest BCUT2D eigenvalue weighted by Crippen LogP contribution is 2.13. The standard InChI is InChI=1S/C26H46N2O3/c1-2-3-4-5-6-7-8-9-10-11-12-13-20-27-24-17-14-23(15-18-24)16-19-26(31)28-21-25(30)22-29/h14-15,17-18,25,27,29-30H,2-13,16,19-22H2,1H3,(H,28,31). The first-order chi connectivity index (χ1) is 15.2. The Morgan fingerprint density at radius 1 is 0.871 bits per heavy atom. The molecule has 5 heteroatoms. The van der Waals surface area contributed by atoms with Crippen LogP contribution in [0.3, 0.4) is 0 Å². The van der Waals surface area contributed by atoms with Crippen molar-refractivity contribution < 1.29 is 15.0 Å². The van der Waals surface area contributed by atoms with Crippen LogP contribution >= 0.6 is 0 Å². The van der Waals surface area contributed by atoms with E-state index < -0.39 is 6.10 Å². The minimum atomic E-state index is -0.889. The number of hydrogen-bond acceptors (Lipinski definition) is 4. The molecule has 1 aromatic rings. The third-order valence-corrected chi connectivity index (χ3v) is 5.70. The molecule has 0 aliphatic heterocycles. The first-order valence-corrected chi connectivity index (χ1v) is 12.5. The molecular formula is C26H46N2O3. The molecule has 1 amide bonds. The van der Waals surface area contributed by atoms with Crippen LogP contribution in [0.4, 0.5) is 5.69 Å². The lowest BCUT2D eigenvalue weighted by atomic mass is 10.1. The second-order valence-corrected chi connectivity index (χ2v) is 8.65. The Bertz CT molecular complexity index is 548. The lowest BCUT2D eigenvalue weighted by Gasteiger charge is -2.10. The number of hydrogen-bond donors (Lipinski definition) is 4. The van der Waals surface area contributed by atoms with Gasteiger partial charge in [-0.25, -0.2) is 0 Å². The number of unbranched alkanes of at least 4 members (excludes halogenated alkanes) is 11. The van der Waals surface area contributed by atoms with Gasteiger partial charge in [0.2, 0.25) is 5.91 Å². The molecule has 0 heterocycles. The number of aliphatic hydroxyl groups excluding tert-OH is 2. The Hall–Kier alpha value is -1.59. The van der Waals surface area contributed by atoms with Crippen molar-refractivity contribution in [3.63, 3.8) is 0 Å². The van der Waals surface area contributed by atoms with Crippen molar-refractivity contribution in [1.82, 2.24) is 5.32 Å². The van der Waals surface area contributed by atoms with E-state index in [1.165, 1.54) is 77.0 Å². The van der Waals surface area contributed by atoms with Gasteiger partial charge in [0.05, 0.1) is 12.7 Å². The maximum Gasteiger partial charge on any atom is 0.220 e. The van der Waals surface area contributed by atoms with Crippen molar-refractivity contribution in [2.24, 2.45) is 0 Å². The number of aryl methyl sites for hydroxylation is 1. The number of nitrogens with one attached hydrogen (secondary N) is 2. The zero-order valence-electron chi connectivity index (χ0n) is 19.7. The summed E-state index contributed by atoms with van der Waals surface area (Å²) in [5.41, 5.74) is 2.25. The fourth-order valence-electron chi connectivity index (χ4n) is 3.63. The van der Waals surface area contributed by atoms with Gasteiger partial charge in [0.15, 0.2) is 0 Å². The van der Waals surface area contributed by atoms with E-state index >= 15 is 0 Å². The van der Waals surface area contributed by atoms with E-state index in [0.29, 0.717) is 12.8 Å². The van der Waals surface area contributed by atoms with Gasteiger partial charge in [-0.05, 0) is 30.5 Å². The van der Waals surface area contributed by atoms with Gasteiger partial charge in [0.25, 0.3) is 0 Å². The number of carbonyl (C=O) groups excluding carboxylic acids is 1. The Morgan fingerprint density at radius 3 is 1.97 bits per heavy atom. The van der Waals surface area contributed by atoms with Crippen molar-refractivity contribution in [2.75, 3.05) is 25.0 Å². The van der Waals surface area contributed by atoms with E-state index in [9.17, 15) is 9.90 Å². The molecule has 0 aliphatic rings. The summed E-state index contributed by atoms with van der Waals surface area (Å²) in [5.74, 6) is -0.110. The van der Waals surface area contributed by atoms with Gasteiger partial charge in [-0.15, -0.1) is 0 Å². The SMILES string of the molecule is CCCCCCCCCCCCCCNc1ccc(CCC(=O)NCC(O)CO)cc1. The first kappa shape index (κ1) is 27.4. The van der Waals surface area contributed by atoms with Crippen LogP contribution < -0.4 is 10.6 Å². The predicted molar refractivity (Wildman–Crippen MR) is 130 cm³/mol. The molecule has 0 saturated heterocycles. The van der Waals surface area contributed by atoms with Crippen LogP contribution in [0, 0.1) is 0 Å². The second kappa shape index (κ2) is 19.1. The van der Waals surface area contributed by atoms with Crippen molar-refractivity contribution in [1.29, 1.82) is 0 Å². The summed E-state index contributed by atoms with van der Waals surface area (Å²) in [6.07, 6.45) is 16.6. The molecule has 5 nitrogen and oxygen atoms in total. The van der Waals surface area contributed by atoms with E-state index in [1.54, 1.807) is 0 Å². The van der Waals surface area contributed by atoms with Crippen LogP contribution in [-0.4, -0.2) is 41.9 Å². The van der Waals surface area contributed by atoms with Gasteiger partial charge < -0.3 is 20.8 Å². The third kappa shape index (κ3) is 15.8. The maximum absolute atomic E-state index is 11.7. The molecule has 31 heavy (non-hydrogen) atoms. The minimum Gasteiger partial charge on any atom is -0.394 e. The number of carbonyl (C=O) groups is 1. The fourth-order valence-corrected chi connectivity index (χ4v) is 3.63. The highest BCUT2D eigenvalue weighted by Gasteiger charge is 2.06. The van der Waals surface area contributed by atoms with Crippen molar-refractivity contribution in [3.05, 3.63) is 29.8 Å². The Labute approximate surface area is 190 Å². The van der Waals surface area contributed by atoms with Crippen molar-refractivity contribution in [2.45, 2.75) is 103 Å². The molecule has 0 aromatic heterocycles. The van der Waals surface area contributed by atoms with Crippen LogP contribution in [0.15, 0.2) is 24.3 Å². The zero-order valence-corrected chi connectivity index (χ0v) is 19.7. The molecule has 0 saturated carbocycles. The molecule has 0 bridgehead atoms. The van der Waals surface area contributed by atoms with Crippen LogP contribution in [0.5, 0.6) is 0 Å². The summed E-state index contributed by atoms with van der Waals surface area (Å²) >= 11 is 0. The normalized spacial score (nSPS) is 12.0. The van der Waals surface area contributed by atoms with Gasteiger partial charge in [-0.2, -0.15) is 0 Å². The smallest absolute Gasteiger partial charge is 0.220 e. The van der Waals surface area contributed by atoms with Crippen LogP contribution in [0.1, 0.15) is 96.0 Å². The highest BCUT2D eigenvalue weighted by molar-refractivity contribution is 5.76. The molecule has 0 aliphatic carbocycles. The van der Waals surface area contributed by atoms with E-state index in [1.807, 2.05) is 0 Å². The average molecular weight is 435 g/mol. The van der Waals surface area contributed by atoms with E-state index in [0.717, 1.165) is 17.8 Å². The lowest BCUT2D eigenvalue weighted by Crippen LogP contribution is -2.33. The fraction of sp³-hybridized carbons (Fsp3) is 0.731. The van der Waals surface area contributed by atoms with E-state index in [4.69, 9.17) is 5.11 Å². The summed E-state index contributed by atoms with van der Waals surface area (Å²) in [4.78, 5) is 11.7. The summed E-state index contributed by atoms with van der Waals surface area (Å²) in [6, 6.07) is 8.26. The van der Waals surface area contributed by atoms with Gasteiger partial charge in [-0.1, -0.05) is 89.7 Å². The zero-order chi connectivity index (χ0) is 22.6. The molecule has 1 aromatic carbocycles. The quantitative estimate of drug-likeness (QED) is 0.213. The maximum atomic E-state index is 11.7. The molecule has 1 unspecified atom stereocenters. The molecule has 0 fully saturated rings. The van der Waals surface area contributed by atoms with Crippen molar-refractivity contribution in [3.8, 4) is 0 Å². The highest BCUT2D eigenvalue weighted by atomic mass is 16.3. The van der Waals surface area contributed by atoms with Gasteiger partial charge in [0, 0.05) is 25.2 Å².